The van der Waals surface area contributed by atoms with Gasteiger partial charge in [-0.3, -0.25) is 28.9 Å². The number of carbonyl (C=O) groups excluding carboxylic acids is 4. The van der Waals surface area contributed by atoms with E-state index in [1.165, 1.54) is 18.3 Å². The van der Waals surface area contributed by atoms with Gasteiger partial charge in [0.2, 0.25) is 11.8 Å². The molecule has 1 aromatic heterocycles. The fourth-order valence-electron chi connectivity index (χ4n) is 7.81. The third-order valence-corrected chi connectivity index (χ3v) is 12.3. The van der Waals surface area contributed by atoms with Crippen LogP contribution in [0.3, 0.4) is 0 Å². The Morgan fingerprint density at radius 3 is 2.25 bits per heavy atom. The Kier molecular flexibility index (Phi) is 14.0. The van der Waals surface area contributed by atoms with Crippen molar-refractivity contribution in [2.45, 2.75) is 129 Å². The summed E-state index contributed by atoms with van der Waals surface area (Å²) in [5.41, 5.74) is 0.525. The van der Waals surface area contributed by atoms with Gasteiger partial charge in [-0.1, -0.05) is 71.4 Å². The molecule has 13 heteroatoms. The molecule has 1 aromatic carbocycles. The van der Waals surface area contributed by atoms with Crippen molar-refractivity contribution in [3.63, 3.8) is 0 Å². The summed E-state index contributed by atoms with van der Waals surface area (Å²) < 4.78 is 5.78. The molecule has 2 aliphatic heterocycles. The van der Waals surface area contributed by atoms with Gasteiger partial charge in [-0.25, -0.2) is 4.98 Å². The Balaban J connectivity index is 1.52. The van der Waals surface area contributed by atoms with Crippen LogP contribution < -0.4 is 10.6 Å². The molecule has 2 saturated heterocycles. The molecule has 0 spiro atoms. The summed E-state index contributed by atoms with van der Waals surface area (Å²) in [6, 6.07) is 8.38. The SMILES string of the molecule is CC[C@H](C)[C@H](NC(=O)C12CCC(CC1)N2C)C(=O)N(C)[C@H](C[C@@H](OC(C)=O)c1nc(C(=O)N[C@@H](Cc2ccccc2)C[C@H](C)C(=O)O)cs1)C(C)C. The minimum atomic E-state index is -0.943. The number of hydrogen-bond acceptors (Lipinski definition) is 9. The summed E-state index contributed by atoms with van der Waals surface area (Å²) in [5, 5.41) is 17.7. The van der Waals surface area contributed by atoms with Gasteiger partial charge in [0.1, 0.15) is 22.3 Å². The van der Waals surface area contributed by atoms with Gasteiger partial charge in [-0.05, 0) is 63.0 Å². The normalized spacial score (nSPS) is 21.8. The second-order valence-corrected chi connectivity index (χ2v) is 16.1. The first kappa shape index (κ1) is 40.9. The van der Waals surface area contributed by atoms with E-state index in [1.807, 2.05) is 65.1 Å². The van der Waals surface area contributed by atoms with E-state index in [1.54, 1.807) is 24.3 Å². The topological polar surface area (TPSA) is 158 Å². The quantitative estimate of drug-likeness (QED) is 0.174. The summed E-state index contributed by atoms with van der Waals surface area (Å²) in [5.74, 6) is -3.04. The summed E-state index contributed by atoms with van der Waals surface area (Å²) in [4.78, 5) is 74.1. The molecule has 2 aromatic rings. The molecule has 0 aliphatic carbocycles. The molecule has 0 unspecified atom stereocenters. The molecule has 0 saturated carbocycles. The van der Waals surface area contributed by atoms with Crippen LogP contribution in [0, 0.1) is 17.8 Å². The van der Waals surface area contributed by atoms with Crippen molar-refractivity contribution in [3.05, 3.63) is 52.0 Å². The number of thiazole rings is 1. The van der Waals surface area contributed by atoms with Gasteiger partial charge in [0.05, 0.1) is 5.92 Å². The van der Waals surface area contributed by atoms with Gasteiger partial charge >= 0.3 is 11.9 Å². The molecule has 2 fully saturated rings. The highest BCUT2D eigenvalue weighted by Crippen LogP contribution is 2.45. The van der Waals surface area contributed by atoms with Crippen LogP contribution >= 0.6 is 11.3 Å². The number of esters is 1. The van der Waals surface area contributed by atoms with Crippen LogP contribution in [0.4, 0.5) is 0 Å². The largest absolute Gasteiger partial charge is 0.481 e. The molecule has 4 rings (SSSR count). The average molecular weight is 740 g/mol. The molecule has 52 heavy (non-hydrogen) atoms. The monoisotopic (exact) mass is 739 g/mol. The third-order valence-electron chi connectivity index (χ3n) is 11.3. The summed E-state index contributed by atoms with van der Waals surface area (Å²) in [6.45, 7) is 10.9. The molecule has 3 amide bonds. The summed E-state index contributed by atoms with van der Waals surface area (Å²) in [6.07, 6.45) is 4.32. The van der Waals surface area contributed by atoms with E-state index >= 15 is 0 Å². The molecule has 2 bridgehead atoms. The van der Waals surface area contributed by atoms with Crippen LogP contribution in [0.15, 0.2) is 35.7 Å². The average Bonchev–Trinajstić information content (AvgIpc) is 3.82. The Hall–Kier alpha value is -3.84. The number of fused-ring (bicyclic) bond motifs is 2. The Bertz CT molecular complexity index is 1560. The van der Waals surface area contributed by atoms with E-state index < -0.39 is 53.5 Å². The first-order valence-electron chi connectivity index (χ1n) is 18.6. The number of nitrogens with one attached hydrogen (secondary N) is 2. The minimum absolute atomic E-state index is 0.0480. The van der Waals surface area contributed by atoms with Crippen molar-refractivity contribution in [2.75, 3.05) is 14.1 Å². The molecular formula is C39H57N5O7S. The number of nitrogens with zero attached hydrogens (tertiary/aromatic N) is 3. The van der Waals surface area contributed by atoms with Gasteiger partial charge in [-0.15, -0.1) is 11.3 Å². The highest BCUT2D eigenvalue weighted by molar-refractivity contribution is 7.09. The second kappa shape index (κ2) is 17.8. The zero-order chi connectivity index (χ0) is 38.3. The predicted molar refractivity (Wildman–Crippen MR) is 200 cm³/mol. The van der Waals surface area contributed by atoms with Crippen molar-refractivity contribution in [2.24, 2.45) is 17.8 Å². The number of hydrogen-bond donors (Lipinski definition) is 3. The molecule has 12 nitrogen and oxygen atoms in total. The molecular weight excluding hydrogens is 683 g/mol. The molecule has 2 aliphatic rings. The first-order chi connectivity index (χ1) is 24.6. The molecule has 6 atom stereocenters. The maximum Gasteiger partial charge on any atom is 0.306 e. The fourth-order valence-corrected chi connectivity index (χ4v) is 8.65. The van der Waals surface area contributed by atoms with Crippen LogP contribution in [0.1, 0.15) is 114 Å². The standard InChI is InChI=1S/C39H57N5O7S/c1-9-24(4)33(42-38(50)39-17-15-29(16-18-39)44(39)8)36(47)43(7)31(23(2)3)21-32(51-26(6)45)35-41-30(22-52-35)34(46)40-28(19-25(5)37(48)49)20-27-13-11-10-12-14-27/h10-14,22-25,28-29,31-33H,9,15-21H2,1-8H3,(H,40,46)(H,42,50)(H,48,49)/t24-,25-,28+,29?,31+,32+,33-,39?/m0/s1. The van der Waals surface area contributed by atoms with Gasteiger partial charge in [0, 0.05) is 43.9 Å². The summed E-state index contributed by atoms with van der Waals surface area (Å²) >= 11 is 1.19. The highest BCUT2D eigenvalue weighted by Gasteiger charge is 2.55. The van der Waals surface area contributed by atoms with Gasteiger partial charge in [0.25, 0.3) is 5.91 Å². The van der Waals surface area contributed by atoms with Crippen molar-refractivity contribution in [3.8, 4) is 0 Å². The number of carboxylic acids is 1. The first-order valence-corrected chi connectivity index (χ1v) is 19.5. The van der Waals surface area contributed by atoms with Crippen molar-refractivity contribution in [1.29, 1.82) is 0 Å². The van der Waals surface area contributed by atoms with Crippen LogP contribution in [0.5, 0.6) is 0 Å². The zero-order valence-electron chi connectivity index (χ0n) is 31.9. The zero-order valence-corrected chi connectivity index (χ0v) is 32.7. The number of likely N-dealkylation sites (N-methyl/N-ethyl adjacent to an activating group) is 2. The lowest BCUT2D eigenvalue weighted by molar-refractivity contribution is -0.149. The maximum atomic E-state index is 14.3. The van der Waals surface area contributed by atoms with E-state index in [9.17, 15) is 29.1 Å². The molecule has 286 valence electrons. The van der Waals surface area contributed by atoms with E-state index in [4.69, 9.17) is 4.74 Å². The summed E-state index contributed by atoms with van der Waals surface area (Å²) in [7, 11) is 3.74. The lowest BCUT2D eigenvalue weighted by Crippen LogP contribution is -2.60. The number of carboxylic acid groups (broad SMARTS) is 1. The van der Waals surface area contributed by atoms with Crippen LogP contribution in [0.25, 0.3) is 0 Å². The van der Waals surface area contributed by atoms with Crippen molar-refractivity contribution >= 4 is 41.0 Å². The highest BCUT2D eigenvalue weighted by atomic mass is 32.1. The minimum Gasteiger partial charge on any atom is -0.481 e. The smallest absolute Gasteiger partial charge is 0.306 e. The second-order valence-electron chi connectivity index (χ2n) is 15.2. The van der Waals surface area contributed by atoms with Crippen molar-refractivity contribution in [1.82, 2.24) is 25.4 Å². The van der Waals surface area contributed by atoms with E-state index in [0.717, 1.165) is 31.2 Å². The van der Waals surface area contributed by atoms with E-state index in [2.05, 4.69) is 20.5 Å². The maximum absolute atomic E-state index is 14.3. The van der Waals surface area contributed by atoms with Crippen LogP contribution in [-0.2, 0) is 30.3 Å². The van der Waals surface area contributed by atoms with E-state index in [0.29, 0.717) is 23.9 Å². The number of aliphatic carboxylic acids is 1. The number of carbonyl (C=O) groups is 5. The molecule has 0 radical (unpaired) electrons. The fraction of sp³-hybridized carbons (Fsp3) is 0.641. The van der Waals surface area contributed by atoms with Crippen LogP contribution in [0.2, 0.25) is 0 Å². The number of amides is 3. The number of benzene rings is 1. The predicted octanol–water partition coefficient (Wildman–Crippen LogP) is 5.23. The molecule has 3 N–H and O–H groups in total. The van der Waals surface area contributed by atoms with Crippen LogP contribution in [-0.4, -0.2) is 93.4 Å². The number of ether oxygens (including phenoxy) is 1. The third kappa shape index (κ3) is 9.57. The van der Waals surface area contributed by atoms with Crippen molar-refractivity contribution < 1.29 is 33.8 Å². The van der Waals surface area contributed by atoms with Gasteiger partial charge < -0.3 is 25.4 Å². The Morgan fingerprint density at radius 1 is 1.06 bits per heavy atom. The van der Waals surface area contributed by atoms with E-state index in [-0.39, 0.29) is 42.2 Å². The molecule has 3 heterocycles. The Labute approximate surface area is 312 Å². The number of aromatic nitrogens is 1. The van der Waals surface area contributed by atoms with Gasteiger partial charge in [-0.2, -0.15) is 0 Å². The lowest BCUT2D eigenvalue weighted by Gasteiger charge is -2.38. The number of rotatable bonds is 18. The lowest BCUT2D eigenvalue weighted by atomic mass is 9.86. The van der Waals surface area contributed by atoms with Gasteiger partial charge in [0.15, 0.2) is 6.10 Å². The Morgan fingerprint density at radius 2 is 1.71 bits per heavy atom.